The normalized spacial score (nSPS) is 11.8. The molecule has 28 heavy (non-hydrogen) atoms. The zero-order valence-corrected chi connectivity index (χ0v) is 18.0. The second-order valence-electron chi connectivity index (χ2n) is 6.89. The molecule has 0 unspecified atom stereocenters. The summed E-state index contributed by atoms with van der Waals surface area (Å²) >= 11 is 1.64. The number of benzene rings is 1. The molecule has 0 bridgehead atoms. The third-order valence-electron chi connectivity index (χ3n) is 4.62. The molecule has 0 atom stereocenters. The molecule has 7 heteroatoms. The number of thiazole rings is 1. The molecule has 2 heterocycles. The minimum absolute atomic E-state index is 0.576. The fourth-order valence-corrected chi connectivity index (χ4v) is 3.92. The van der Waals surface area contributed by atoms with Gasteiger partial charge in [-0.25, -0.2) is 9.98 Å². The van der Waals surface area contributed by atoms with Gasteiger partial charge in [0.2, 0.25) is 0 Å². The molecule has 150 valence electrons. The van der Waals surface area contributed by atoms with Gasteiger partial charge in [0.25, 0.3) is 0 Å². The van der Waals surface area contributed by atoms with E-state index in [1.54, 1.807) is 11.3 Å². The number of aromatic amines is 1. The van der Waals surface area contributed by atoms with Crippen LogP contribution >= 0.6 is 11.3 Å². The molecule has 0 spiro atoms. The summed E-state index contributed by atoms with van der Waals surface area (Å²) in [7, 11) is 4.01. The summed E-state index contributed by atoms with van der Waals surface area (Å²) in [5.41, 5.74) is 4.96. The van der Waals surface area contributed by atoms with Crippen LogP contribution in [0, 0.1) is 0 Å². The Morgan fingerprint density at radius 2 is 2.07 bits per heavy atom. The van der Waals surface area contributed by atoms with E-state index in [0.717, 1.165) is 42.7 Å². The Hall–Kier alpha value is -2.54. The second-order valence-corrected chi connectivity index (χ2v) is 7.73. The first-order valence-corrected chi connectivity index (χ1v) is 10.7. The number of nitrogens with one attached hydrogen (secondary N) is 3. The van der Waals surface area contributed by atoms with Crippen molar-refractivity contribution in [2.24, 2.45) is 4.99 Å². The van der Waals surface area contributed by atoms with Gasteiger partial charge in [-0.05, 0) is 30.9 Å². The van der Waals surface area contributed by atoms with Crippen molar-refractivity contribution in [2.75, 3.05) is 32.1 Å². The first-order valence-electron chi connectivity index (χ1n) is 9.84. The van der Waals surface area contributed by atoms with E-state index in [1.165, 1.54) is 22.0 Å². The number of nitrogens with zero attached hydrogens (tertiary/aromatic N) is 3. The zero-order chi connectivity index (χ0) is 19.9. The van der Waals surface area contributed by atoms with Gasteiger partial charge in [0.15, 0.2) is 11.1 Å². The predicted molar refractivity (Wildman–Crippen MR) is 121 cm³/mol. The van der Waals surface area contributed by atoms with Gasteiger partial charge in [0.05, 0.1) is 12.2 Å². The van der Waals surface area contributed by atoms with E-state index in [-0.39, 0.29) is 0 Å². The SMILES string of the molecule is CCNC(=NCc1csc(N(C)C)n1)NCCc1c[nH]c2c(CC)cccc12. The number of hydrogen-bond donors (Lipinski definition) is 3. The van der Waals surface area contributed by atoms with Crippen LogP contribution in [-0.2, 0) is 19.4 Å². The van der Waals surface area contributed by atoms with Gasteiger partial charge < -0.3 is 20.5 Å². The van der Waals surface area contributed by atoms with E-state index in [2.05, 4.69) is 69.2 Å². The largest absolute Gasteiger partial charge is 0.361 e. The van der Waals surface area contributed by atoms with Crippen LogP contribution in [-0.4, -0.2) is 43.1 Å². The number of H-pyrrole nitrogens is 1. The summed E-state index contributed by atoms with van der Waals surface area (Å²) in [6.07, 6.45) is 4.12. The van der Waals surface area contributed by atoms with Crippen molar-refractivity contribution in [3.05, 3.63) is 46.6 Å². The number of anilines is 1. The van der Waals surface area contributed by atoms with Crippen molar-refractivity contribution in [1.29, 1.82) is 0 Å². The molecule has 6 nitrogen and oxygen atoms in total. The molecule has 0 aliphatic carbocycles. The Morgan fingerprint density at radius 1 is 1.21 bits per heavy atom. The summed E-state index contributed by atoms with van der Waals surface area (Å²) in [5, 5.41) is 11.2. The van der Waals surface area contributed by atoms with Gasteiger partial charge in [-0.3, -0.25) is 0 Å². The Labute approximate surface area is 171 Å². The Balaban J connectivity index is 1.60. The van der Waals surface area contributed by atoms with Gasteiger partial charge in [0, 0.05) is 49.7 Å². The van der Waals surface area contributed by atoms with Crippen molar-refractivity contribution in [3.8, 4) is 0 Å². The molecular formula is C21H30N6S. The number of rotatable bonds is 8. The molecule has 0 fully saturated rings. The highest BCUT2D eigenvalue weighted by Crippen LogP contribution is 2.22. The van der Waals surface area contributed by atoms with Gasteiger partial charge in [-0.15, -0.1) is 11.3 Å². The fourth-order valence-electron chi connectivity index (χ4n) is 3.17. The Kier molecular flexibility index (Phi) is 6.92. The molecule has 0 saturated carbocycles. The standard InChI is InChI=1S/C21H30N6S/c1-5-15-8-7-9-18-16(12-24-19(15)18)10-11-23-20(22-6-2)25-13-17-14-28-21(26-17)27(3)4/h7-9,12,14,24H,5-6,10-11,13H2,1-4H3,(H2,22,23,25). The first-order chi connectivity index (χ1) is 13.6. The molecule has 0 radical (unpaired) electrons. The van der Waals surface area contributed by atoms with Gasteiger partial charge in [-0.2, -0.15) is 0 Å². The van der Waals surface area contributed by atoms with E-state index in [1.807, 2.05) is 19.0 Å². The molecule has 0 saturated heterocycles. The van der Waals surface area contributed by atoms with Crippen LogP contribution in [0.15, 0.2) is 34.8 Å². The third-order valence-corrected chi connectivity index (χ3v) is 5.68. The smallest absolute Gasteiger partial charge is 0.191 e. The molecule has 3 rings (SSSR count). The van der Waals surface area contributed by atoms with E-state index < -0.39 is 0 Å². The lowest BCUT2D eigenvalue weighted by molar-refractivity contribution is 0.799. The van der Waals surface area contributed by atoms with Gasteiger partial charge >= 0.3 is 0 Å². The summed E-state index contributed by atoms with van der Waals surface area (Å²) in [4.78, 5) is 14.7. The maximum atomic E-state index is 4.68. The number of fused-ring (bicyclic) bond motifs is 1. The van der Waals surface area contributed by atoms with Crippen LogP contribution in [0.25, 0.3) is 10.9 Å². The predicted octanol–water partition coefficient (Wildman–Crippen LogP) is 3.55. The fraction of sp³-hybridized carbons (Fsp3) is 0.429. The van der Waals surface area contributed by atoms with Crippen LogP contribution < -0.4 is 15.5 Å². The van der Waals surface area contributed by atoms with Crippen LogP contribution in [0.5, 0.6) is 0 Å². The number of hydrogen-bond acceptors (Lipinski definition) is 4. The van der Waals surface area contributed by atoms with Gasteiger partial charge in [-0.1, -0.05) is 25.1 Å². The number of aliphatic imine (C=N–C) groups is 1. The highest BCUT2D eigenvalue weighted by atomic mass is 32.1. The quantitative estimate of drug-likeness (QED) is 0.401. The summed E-state index contributed by atoms with van der Waals surface area (Å²) < 4.78 is 0. The minimum Gasteiger partial charge on any atom is -0.361 e. The van der Waals surface area contributed by atoms with Crippen LogP contribution in [0.2, 0.25) is 0 Å². The lowest BCUT2D eigenvalue weighted by atomic mass is 10.1. The van der Waals surface area contributed by atoms with Crippen LogP contribution in [0.1, 0.15) is 30.7 Å². The number of guanidine groups is 1. The molecule has 0 aliphatic rings. The lowest BCUT2D eigenvalue weighted by Gasteiger charge is -2.11. The zero-order valence-electron chi connectivity index (χ0n) is 17.2. The van der Waals surface area contributed by atoms with Crippen molar-refractivity contribution in [2.45, 2.75) is 33.2 Å². The average Bonchev–Trinajstić information content (AvgIpc) is 3.33. The number of aromatic nitrogens is 2. The van der Waals surface area contributed by atoms with Crippen LogP contribution in [0.3, 0.4) is 0 Å². The summed E-state index contributed by atoms with van der Waals surface area (Å²) in [5.74, 6) is 0.830. The van der Waals surface area contributed by atoms with E-state index in [9.17, 15) is 0 Å². The Morgan fingerprint density at radius 3 is 2.79 bits per heavy atom. The van der Waals surface area contributed by atoms with Crippen molar-refractivity contribution in [3.63, 3.8) is 0 Å². The average molecular weight is 399 g/mol. The molecular weight excluding hydrogens is 368 g/mol. The number of para-hydroxylation sites is 1. The number of aryl methyl sites for hydroxylation is 1. The maximum absolute atomic E-state index is 4.68. The Bertz CT molecular complexity index is 924. The summed E-state index contributed by atoms with van der Waals surface area (Å²) in [6.45, 7) is 6.51. The van der Waals surface area contributed by atoms with Crippen LogP contribution in [0.4, 0.5) is 5.13 Å². The van der Waals surface area contributed by atoms with Gasteiger partial charge in [0.1, 0.15) is 0 Å². The van der Waals surface area contributed by atoms with Crippen molar-refractivity contribution >= 4 is 33.3 Å². The van der Waals surface area contributed by atoms with Crippen molar-refractivity contribution in [1.82, 2.24) is 20.6 Å². The topological polar surface area (TPSA) is 68.3 Å². The third kappa shape index (κ3) is 4.84. The second kappa shape index (κ2) is 9.59. The highest BCUT2D eigenvalue weighted by Gasteiger charge is 2.07. The monoisotopic (exact) mass is 398 g/mol. The summed E-state index contributed by atoms with van der Waals surface area (Å²) in [6, 6.07) is 6.54. The molecule has 1 aromatic carbocycles. The van der Waals surface area contributed by atoms with E-state index >= 15 is 0 Å². The van der Waals surface area contributed by atoms with Crippen molar-refractivity contribution < 1.29 is 0 Å². The maximum Gasteiger partial charge on any atom is 0.191 e. The minimum atomic E-state index is 0.576. The lowest BCUT2D eigenvalue weighted by Crippen LogP contribution is -2.38. The van der Waals surface area contributed by atoms with E-state index in [0.29, 0.717) is 6.54 Å². The van der Waals surface area contributed by atoms with E-state index in [4.69, 9.17) is 0 Å². The molecule has 0 amide bonds. The molecule has 3 N–H and O–H groups in total. The first kappa shape index (κ1) is 20.2. The molecule has 3 aromatic rings. The molecule has 2 aromatic heterocycles. The molecule has 0 aliphatic heterocycles. The highest BCUT2D eigenvalue weighted by molar-refractivity contribution is 7.13.